The van der Waals surface area contributed by atoms with Gasteiger partial charge >= 0.3 is 5.97 Å². The Kier molecular flexibility index (Phi) is 8.31. The highest BCUT2D eigenvalue weighted by Crippen LogP contribution is 2.22. The van der Waals surface area contributed by atoms with Crippen molar-refractivity contribution in [3.8, 4) is 0 Å². The Hall–Kier alpha value is -1.67. The van der Waals surface area contributed by atoms with E-state index in [0.717, 1.165) is 18.9 Å². The molecule has 0 heterocycles. The average molecular weight is 394 g/mol. The average Bonchev–Trinajstić information content (AvgIpc) is 2.48. The van der Waals surface area contributed by atoms with E-state index >= 15 is 0 Å². The standard InChI is InChI=1S/C16H21ClFNO5S/c1-2-3-4-7-25(23,24)10-15(20)19-14(9-16(21)22)11-5-6-12(17)13(18)8-11/h5-6,8,14H,2-4,7,9-10H2,1H3,(H,19,20)(H,21,22). The maximum absolute atomic E-state index is 13.6. The number of nitrogens with one attached hydrogen (secondary N) is 1. The minimum absolute atomic E-state index is 0.104. The van der Waals surface area contributed by atoms with Crippen LogP contribution in [-0.2, 0) is 19.4 Å². The van der Waals surface area contributed by atoms with E-state index in [1.165, 1.54) is 12.1 Å². The van der Waals surface area contributed by atoms with Gasteiger partial charge in [-0.1, -0.05) is 37.4 Å². The lowest BCUT2D eigenvalue weighted by Crippen LogP contribution is -2.35. The lowest BCUT2D eigenvalue weighted by atomic mass is 10.0. The van der Waals surface area contributed by atoms with Crippen LogP contribution in [-0.4, -0.2) is 36.9 Å². The summed E-state index contributed by atoms with van der Waals surface area (Å²) in [5.41, 5.74) is 0.195. The highest BCUT2D eigenvalue weighted by atomic mass is 35.5. The Morgan fingerprint density at radius 2 is 2.00 bits per heavy atom. The molecule has 0 bridgehead atoms. The molecule has 6 nitrogen and oxygen atoms in total. The molecular weight excluding hydrogens is 373 g/mol. The van der Waals surface area contributed by atoms with Gasteiger partial charge in [-0.05, 0) is 24.1 Å². The van der Waals surface area contributed by atoms with E-state index in [1.807, 2.05) is 6.92 Å². The van der Waals surface area contributed by atoms with Crippen LogP contribution in [0.1, 0.15) is 44.2 Å². The van der Waals surface area contributed by atoms with Gasteiger partial charge in [0, 0.05) is 0 Å². The predicted octanol–water partition coefficient (Wildman–Crippen LogP) is 2.72. The quantitative estimate of drug-likeness (QED) is 0.595. The van der Waals surface area contributed by atoms with Crippen molar-refractivity contribution in [2.24, 2.45) is 0 Å². The van der Waals surface area contributed by atoms with Crippen LogP contribution < -0.4 is 5.32 Å². The summed E-state index contributed by atoms with van der Waals surface area (Å²) < 4.78 is 37.4. The Morgan fingerprint density at radius 3 is 2.56 bits per heavy atom. The summed E-state index contributed by atoms with van der Waals surface area (Å²) in [6.07, 6.45) is 1.55. The molecule has 1 amide bonds. The van der Waals surface area contributed by atoms with E-state index in [0.29, 0.717) is 6.42 Å². The number of sulfone groups is 1. The summed E-state index contributed by atoms with van der Waals surface area (Å²) in [6, 6.07) is 2.60. The van der Waals surface area contributed by atoms with Crippen LogP contribution in [0, 0.1) is 5.82 Å². The number of aliphatic carboxylic acids is 1. The second-order valence-electron chi connectivity index (χ2n) is 5.69. The first-order chi connectivity index (χ1) is 11.6. The maximum Gasteiger partial charge on any atom is 0.305 e. The zero-order chi connectivity index (χ0) is 19.0. The number of amides is 1. The maximum atomic E-state index is 13.6. The van der Waals surface area contributed by atoms with Gasteiger partial charge in [0.25, 0.3) is 0 Å². The third-order valence-electron chi connectivity index (χ3n) is 3.47. The SMILES string of the molecule is CCCCCS(=O)(=O)CC(=O)NC(CC(=O)O)c1ccc(Cl)c(F)c1. The second-order valence-corrected chi connectivity index (χ2v) is 8.28. The van der Waals surface area contributed by atoms with Crippen LogP contribution >= 0.6 is 11.6 Å². The topological polar surface area (TPSA) is 101 Å². The van der Waals surface area contributed by atoms with Gasteiger partial charge in [-0.2, -0.15) is 0 Å². The van der Waals surface area contributed by atoms with Crippen molar-refractivity contribution in [1.82, 2.24) is 5.32 Å². The lowest BCUT2D eigenvalue weighted by molar-refractivity contribution is -0.137. The molecule has 0 spiro atoms. The summed E-state index contributed by atoms with van der Waals surface area (Å²) in [5.74, 6) is -3.63. The van der Waals surface area contributed by atoms with E-state index in [1.54, 1.807) is 0 Å². The number of carbonyl (C=O) groups excluding carboxylic acids is 1. The predicted molar refractivity (Wildman–Crippen MR) is 92.7 cm³/mol. The first-order valence-electron chi connectivity index (χ1n) is 7.81. The molecule has 0 aliphatic heterocycles. The zero-order valence-corrected chi connectivity index (χ0v) is 15.4. The van der Waals surface area contributed by atoms with E-state index in [9.17, 15) is 22.4 Å². The van der Waals surface area contributed by atoms with Gasteiger partial charge in [0.1, 0.15) is 11.6 Å². The minimum Gasteiger partial charge on any atom is -0.481 e. The van der Waals surface area contributed by atoms with E-state index < -0.39 is 45.7 Å². The molecule has 0 aromatic heterocycles. The summed E-state index contributed by atoms with van der Waals surface area (Å²) in [7, 11) is -3.58. The van der Waals surface area contributed by atoms with Crippen molar-refractivity contribution in [3.63, 3.8) is 0 Å². The monoisotopic (exact) mass is 393 g/mol. The number of benzene rings is 1. The molecule has 0 saturated heterocycles. The molecule has 0 fully saturated rings. The first-order valence-corrected chi connectivity index (χ1v) is 10.0. The molecule has 1 unspecified atom stereocenters. The van der Waals surface area contributed by atoms with Crippen LogP contribution in [0.25, 0.3) is 0 Å². The van der Waals surface area contributed by atoms with Crippen molar-refractivity contribution in [3.05, 3.63) is 34.6 Å². The first kappa shape index (κ1) is 21.4. The molecule has 0 aliphatic rings. The van der Waals surface area contributed by atoms with E-state index in [-0.39, 0.29) is 16.3 Å². The van der Waals surface area contributed by atoms with Crippen LogP contribution in [0.2, 0.25) is 5.02 Å². The minimum atomic E-state index is -3.58. The van der Waals surface area contributed by atoms with E-state index in [4.69, 9.17) is 16.7 Å². The molecule has 25 heavy (non-hydrogen) atoms. The van der Waals surface area contributed by atoms with Gasteiger partial charge < -0.3 is 10.4 Å². The zero-order valence-electron chi connectivity index (χ0n) is 13.8. The highest BCUT2D eigenvalue weighted by Gasteiger charge is 2.22. The van der Waals surface area contributed by atoms with Crippen molar-refractivity contribution >= 4 is 33.3 Å². The fourth-order valence-corrected chi connectivity index (χ4v) is 3.62. The van der Waals surface area contributed by atoms with Crippen LogP contribution in [0.15, 0.2) is 18.2 Å². The number of carboxylic acids is 1. The molecule has 1 atom stereocenters. The molecule has 9 heteroatoms. The van der Waals surface area contributed by atoms with Crippen molar-refractivity contribution < 1.29 is 27.5 Å². The highest BCUT2D eigenvalue weighted by molar-refractivity contribution is 7.92. The fraction of sp³-hybridized carbons (Fsp3) is 0.500. The summed E-state index contributed by atoms with van der Waals surface area (Å²) in [6.45, 7) is 1.93. The molecule has 2 N–H and O–H groups in total. The Labute approximate surface area is 151 Å². The second kappa shape index (κ2) is 9.72. The number of halogens is 2. The summed E-state index contributed by atoms with van der Waals surface area (Å²) in [4.78, 5) is 23.0. The van der Waals surface area contributed by atoms with Gasteiger partial charge in [0.2, 0.25) is 5.91 Å². The number of hydrogen-bond donors (Lipinski definition) is 2. The Balaban J connectivity index is 2.82. The molecule has 1 rings (SSSR count). The summed E-state index contributed by atoms with van der Waals surface area (Å²) in [5, 5.41) is 11.2. The van der Waals surface area contributed by atoms with Crippen LogP contribution in [0.5, 0.6) is 0 Å². The molecular formula is C16H21ClFNO5S. The van der Waals surface area contributed by atoms with Crippen molar-refractivity contribution in [2.45, 2.75) is 38.6 Å². The Morgan fingerprint density at radius 1 is 1.32 bits per heavy atom. The van der Waals surface area contributed by atoms with Crippen LogP contribution in [0.4, 0.5) is 4.39 Å². The van der Waals surface area contributed by atoms with Gasteiger partial charge in [-0.25, -0.2) is 12.8 Å². The van der Waals surface area contributed by atoms with Gasteiger partial charge in [0.15, 0.2) is 9.84 Å². The van der Waals surface area contributed by atoms with Gasteiger partial charge in [-0.15, -0.1) is 0 Å². The summed E-state index contributed by atoms with van der Waals surface area (Å²) >= 11 is 5.59. The number of rotatable bonds is 10. The van der Waals surface area contributed by atoms with Crippen molar-refractivity contribution in [1.29, 1.82) is 0 Å². The normalized spacial score (nSPS) is 12.6. The lowest BCUT2D eigenvalue weighted by Gasteiger charge is -2.18. The smallest absolute Gasteiger partial charge is 0.305 e. The largest absolute Gasteiger partial charge is 0.481 e. The third-order valence-corrected chi connectivity index (χ3v) is 5.39. The van der Waals surface area contributed by atoms with Crippen molar-refractivity contribution in [2.75, 3.05) is 11.5 Å². The van der Waals surface area contributed by atoms with Gasteiger partial charge in [-0.3, -0.25) is 9.59 Å². The Bertz CT molecular complexity index is 723. The number of carboxylic acid groups (broad SMARTS) is 1. The fourth-order valence-electron chi connectivity index (χ4n) is 2.24. The molecule has 140 valence electrons. The van der Waals surface area contributed by atoms with Crippen LogP contribution in [0.3, 0.4) is 0 Å². The number of carbonyl (C=O) groups is 2. The molecule has 1 aromatic carbocycles. The number of unbranched alkanes of at least 4 members (excludes halogenated alkanes) is 2. The number of hydrogen-bond acceptors (Lipinski definition) is 4. The molecule has 0 radical (unpaired) electrons. The molecule has 1 aromatic rings. The molecule has 0 saturated carbocycles. The van der Waals surface area contributed by atoms with Gasteiger partial charge in [0.05, 0.1) is 23.2 Å². The third kappa shape index (κ3) is 7.83. The molecule has 0 aliphatic carbocycles. The van der Waals surface area contributed by atoms with E-state index in [2.05, 4.69) is 5.32 Å².